The lowest BCUT2D eigenvalue weighted by Crippen LogP contribution is -3.00. The van der Waals surface area contributed by atoms with Crippen molar-refractivity contribution in [3.8, 4) is 0 Å². The molecule has 1 N–H and O–H groups in total. The predicted octanol–water partition coefficient (Wildman–Crippen LogP) is -0.682. The van der Waals surface area contributed by atoms with Crippen LogP contribution >= 0.6 is 0 Å². The summed E-state index contributed by atoms with van der Waals surface area (Å²) in [5, 5.41) is 11.3. The first kappa shape index (κ1) is 19.6. The van der Waals surface area contributed by atoms with E-state index in [9.17, 15) is 9.90 Å². The van der Waals surface area contributed by atoms with Crippen LogP contribution in [0.25, 0.3) is 0 Å². The Morgan fingerprint density at radius 3 is 1.92 bits per heavy atom. The van der Waals surface area contributed by atoms with E-state index < -0.39 is 11.6 Å². The second-order valence-corrected chi connectivity index (χ2v) is 7.10. The molecule has 1 aliphatic heterocycles. The number of ether oxygens (including phenoxy) is 1. The molecule has 5 heteroatoms. The summed E-state index contributed by atoms with van der Waals surface area (Å²) in [5.74, 6) is -0.605. The van der Waals surface area contributed by atoms with E-state index in [4.69, 9.17) is 4.74 Å². The van der Waals surface area contributed by atoms with Crippen LogP contribution in [-0.4, -0.2) is 48.8 Å². The third-order valence-electron chi connectivity index (χ3n) is 4.71. The van der Waals surface area contributed by atoms with Gasteiger partial charge in [-0.05, 0) is 11.1 Å². The standard InChI is InChI=1S/C20H24NO3.BrH/c1-21(2)14-13-18(15-21)24-19(22)20(23,16-9-5-3-6-10-16)17-11-7-4-8-12-17;/h3-12,18,23H,13-15H2,1-2H3;1H/q+1;/p-1/t18-;/m1./s1. The number of rotatable bonds is 4. The highest BCUT2D eigenvalue weighted by Gasteiger charge is 2.44. The number of esters is 1. The van der Waals surface area contributed by atoms with Gasteiger partial charge in [-0.15, -0.1) is 0 Å². The molecule has 0 radical (unpaired) electrons. The Morgan fingerprint density at radius 1 is 1.04 bits per heavy atom. The lowest BCUT2D eigenvalue weighted by atomic mass is 9.86. The molecule has 1 aliphatic rings. The SMILES string of the molecule is C[N+]1(C)CC[C@@H](OC(=O)C(O)(c2ccccc2)c2ccccc2)C1.[Br-]. The first-order valence-corrected chi connectivity index (χ1v) is 8.28. The molecule has 0 unspecified atom stereocenters. The summed E-state index contributed by atoms with van der Waals surface area (Å²) in [6, 6.07) is 18.0. The molecule has 2 aromatic rings. The first-order valence-electron chi connectivity index (χ1n) is 8.28. The highest BCUT2D eigenvalue weighted by atomic mass is 79.9. The van der Waals surface area contributed by atoms with Gasteiger partial charge in [0.05, 0.1) is 20.6 Å². The zero-order valence-electron chi connectivity index (χ0n) is 14.6. The normalized spacial score (nSPS) is 19.1. The lowest BCUT2D eigenvalue weighted by Gasteiger charge is -2.29. The van der Waals surface area contributed by atoms with Gasteiger partial charge in [0.15, 0.2) is 6.10 Å². The predicted molar refractivity (Wildman–Crippen MR) is 92.2 cm³/mol. The van der Waals surface area contributed by atoms with Gasteiger partial charge in [0.1, 0.15) is 6.54 Å². The molecule has 2 aromatic carbocycles. The Hall–Kier alpha value is -1.69. The minimum atomic E-state index is -1.79. The van der Waals surface area contributed by atoms with Crippen LogP contribution in [0.2, 0.25) is 0 Å². The van der Waals surface area contributed by atoms with E-state index in [1.165, 1.54) is 0 Å². The lowest BCUT2D eigenvalue weighted by molar-refractivity contribution is -0.879. The molecule has 134 valence electrons. The summed E-state index contributed by atoms with van der Waals surface area (Å²) in [5.41, 5.74) is -0.747. The Kier molecular flexibility index (Phi) is 6.03. The molecular formula is C20H24BrNO3. The van der Waals surface area contributed by atoms with E-state index in [1.54, 1.807) is 24.3 Å². The summed E-state index contributed by atoms with van der Waals surface area (Å²) < 4.78 is 6.54. The average Bonchev–Trinajstić information content (AvgIpc) is 2.94. The number of carbonyl (C=O) groups is 1. The monoisotopic (exact) mass is 405 g/mol. The van der Waals surface area contributed by atoms with Crippen molar-refractivity contribution in [2.75, 3.05) is 27.2 Å². The number of aliphatic hydroxyl groups is 1. The van der Waals surface area contributed by atoms with Crippen LogP contribution in [0.3, 0.4) is 0 Å². The molecule has 0 aromatic heterocycles. The Bertz CT molecular complexity index is 664. The van der Waals surface area contributed by atoms with Crippen molar-refractivity contribution in [1.29, 1.82) is 0 Å². The fourth-order valence-corrected chi connectivity index (χ4v) is 3.32. The largest absolute Gasteiger partial charge is 1.00 e. The van der Waals surface area contributed by atoms with Crippen LogP contribution in [0.15, 0.2) is 60.7 Å². The average molecular weight is 406 g/mol. The summed E-state index contributed by atoms with van der Waals surface area (Å²) in [7, 11) is 4.24. The molecule has 0 aliphatic carbocycles. The zero-order chi connectivity index (χ0) is 17.2. The number of likely N-dealkylation sites (tertiary alicyclic amines) is 1. The van der Waals surface area contributed by atoms with Gasteiger partial charge in [0.2, 0.25) is 5.60 Å². The van der Waals surface area contributed by atoms with Gasteiger partial charge in [0.25, 0.3) is 0 Å². The number of hydrogen-bond acceptors (Lipinski definition) is 3. The van der Waals surface area contributed by atoms with Gasteiger partial charge < -0.3 is 31.3 Å². The zero-order valence-corrected chi connectivity index (χ0v) is 16.1. The smallest absolute Gasteiger partial charge is 0.348 e. The van der Waals surface area contributed by atoms with Crippen LogP contribution in [0.1, 0.15) is 17.5 Å². The fourth-order valence-electron chi connectivity index (χ4n) is 3.32. The summed E-state index contributed by atoms with van der Waals surface area (Å²) in [6.45, 7) is 1.73. The number of quaternary nitrogens is 1. The molecule has 25 heavy (non-hydrogen) atoms. The molecule has 0 spiro atoms. The van der Waals surface area contributed by atoms with Crippen molar-refractivity contribution in [2.45, 2.75) is 18.1 Å². The van der Waals surface area contributed by atoms with E-state index in [0.717, 1.165) is 24.0 Å². The van der Waals surface area contributed by atoms with Crippen molar-refractivity contribution in [2.24, 2.45) is 0 Å². The van der Waals surface area contributed by atoms with E-state index >= 15 is 0 Å². The molecule has 0 bridgehead atoms. The second kappa shape index (κ2) is 7.68. The highest BCUT2D eigenvalue weighted by Crippen LogP contribution is 2.32. The number of carbonyl (C=O) groups excluding carboxylic acids is 1. The van der Waals surface area contributed by atoms with Crippen molar-refractivity contribution in [3.05, 3.63) is 71.8 Å². The van der Waals surface area contributed by atoms with Crippen LogP contribution < -0.4 is 17.0 Å². The van der Waals surface area contributed by atoms with E-state index in [2.05, 4.69) is 14.1 Å². The van der Waals surface area contributed by atoms with Crippen molar-refractivity contribution in [1.82, 2.24) is 0 Å². The van der Waals surface area contributed by atoms with Gasteiger partial charge in [0, 0.05) is 6.42 Å². The molecule has 1 fully saturated rings. The molecule has 4 nitrogen and oxygen atoms in total. The van der Waals surface area contributed by atoms with Crippen LogP contribution in [0.4, 0.5) is 0 Å². The molecule has 3 rings (SSSR count). The fraction of sp³-hybridized carbons (Fsp3) is 0.350. The van der Waals surface area contributed by atoms with Crippen molar-refractivity contribution < 1.29 is 36.1 Å². The van der Waals surface area contributed by atoms with Crippen molar-refractivity contribution in [3.63, 3.8) is 0 Å². The molecule has 1 atom stereocenters. The molecule has 0 amide bonds. The number of nitrogens with zero attached hydrogens (tertiary/aromatic N) is 1. The van der Waals surface area contributed by atoms with Gasteiger partial charge in [-0.3, -0.25) is 0 Å². The Morgan fingerprint density at radius 2 is 1.52 bits per heavy atom. The second-order valence-electron chi connectivity index (χ2n) is 7.10. The van der Waals surface area contributed by atoms with Crippen molar-refractivity contribution >= 4 is 5.97 Å². The summed E-state index contributed by atoms with van der Waals surface area (Å²) in [4.78, 5) is 13.0. The Balaban J connectivity index is 0.00000225. The van der Waals surface area contributed by atoms with Gasteiger partial charge in [-0.1, -0.05) is 60.7 Å². The maximum atomic E-state index is 13.0. The number of hydrogen-bond donors (Lipinski definition) is 1. The van der Waals surface area contributed by atoms with E-state index in [1.807, 2.05) is 36.4 Å². The van der Waals surface area contributed by atoms with Crippen LogP contribution in [0.5, 0.6) is 0 Å². The van der Waals surface area contributed by atoms with E-state index in [-0.39, 0.29) is 23.1 Å². The van der Waals surface area contributed by atoms with Gasteiger partial charge in [-0.25, -0.2) is 4.79 Å². The maximum absolute atomic E-state index is 13.0. The minimum absolute atomic E-state index is 0. The summed E-state index contributed by atoms with van der Waals surface area (Å²) >= 11 is 0. The molecule has 1 heterocycles. The van der Waals surface area contributed by atoms with Gasteiger partial charge in [-0.2, -0.15) is 0 Å². The number of likely N-dealkylation sites (N-methyl/N-ethyl adjacent to an activating group) is 1. The third kappa shape index (κ3) is 4.11. The molecule has 0 saturated carbocycles. The number of halogens is 1. The topological polar surface area (TPSA) is 46.5 Å². The molecular weight excluding hydrogens is 382 g/mol. The maximum Gasteiger partial charge on any atom is 0.348 e. The van der Waals surface area contributed by atoms with Crippen LogP contribution in [-0.2, 0) is 15.1 Å². The quantitative estimate of drug-likeness (QED) is 0.541. The highest BCUT2D eigenvalue weighted by molar-refractivity contribution is 5.85. The third-order valence-corrected chi connectivity index (χ3v) is 4.71. The van der Waals surface area contributed by atoms with Gasteiger partial charge >= 0.3 is 5.97 Å². The Labute approximate surface area is 159 Å². The number of benzene rings is 2. The first-order chi connectivity index (χ1) is 11.4. The van der Waals surface area contributed by atoms with Crippen LogP contribution in [0, 0.1) is 0 Å². The van der Waals surface area contributed by atoms with E-state index in [0.29, 0.717) is 11.1 Å². The molecule has 1 saturated heterocycles. The summed E-state index contributed by atoms with van der Waals surface area (Å²) in [6.07, 6.45) is 0.657. The minimum Gasteiger partial charge on any atom is -1.00 e.